The quantitative estimate of drug-likeness (QED) is 0.0968. The molecule has 2 atom stereocenters. The Bertz CT molecular complexity index is 994. The van der Waals surface area contributed by atoms with E-state index < -0.39 is 0 Å². The third kappa shape index (κ3) is 13.8. The molecule has 6 heteroatoms. The topological polar surface area (TPSA) is 64.9 Å². The number of hydrogen-bond donors (Lipinski definition) is 2. The average molecular weight is 649 g/mol. The number of likely N-dealkylation sites (tertiary alicyclic amines) is 1. The van der Waals surface area contributed by atoms with Crippen molar-refractivity contribution in [2.45, 2.75) is 120 Å². The number of benzene rings is 1. The van der Waals surface area contributed by atoms with Crippen LogP contribution >= 0.6 is 16.1 Å². The lowest BCUT2D eigenvalue weighted by Gasteiger charge is -2.40. The molecule has 0 aromatic heterocycles. The number of hydrazone groups is 1. The number of Topliss-reactive ketones (excluding diaryl/α,β-unsaturated/α-hetero) is 1. The SMILES string of the molecule is C=C(C)C[C@H]1C/C(=N\NBr)N(CC(=O)c2cc(C(C)(C)C)c(O)c(C(C)(C)C)c2)C[C@@H]1CC.C=C/C=C\C.CC.CC. The van der Waals surface area contributed by atoms with Gasteiger partial charge in [0.1, 0.15) is 11.6 Å². The van der Waals surface area contributed by atoms with Crippen LogP contribution in [0, 0.1) is 11.8 Å². The van der Waals surface area contributed by atoms with Crippen molar-refractivity contribution in [3.05, 3.63) is 65.8 Å². The van der Waals surface area contributed by atoms with Crippen LogP contribution in [0.4, 0.5) is 0 Å². The van der Waals surface area contributed by atoms with E-state index in [-0.39, 0.29) is 23.2 Å². The zero-order valence-electron chi connectivity index (χ0n) is 29.1. The maximum absolute atomic E-state index is 13.6. The van der Waals surface area contributed by atoms with Crippen LogP contribution in [0.1, 0.15) is 131 Å². The zero-order valence-corrected chi connectivity index (χ0v) is 30.7. The highest BCUT2D eigenvalue weighted by molar-refractivity contribution is 9.08. The number of piperidine rings is 1. The summed E-state index contributed by atoms with van der Waals surface area (Å²) in [5.41, 5.74) is 2.89. The lowest BCUT2D eigenvalue weighted by molar-refractivity contribution is 0.0938. The molecule has 2 rings (SSSR count). The van der Waals surface area contributed by atoms with Crippen molar-refractivity contribution >= 4 is 27.8 Å². The van der Waals surface area contributed by atoms with Gasteiger partial charge in [-0.2, -0.15) is 5.10 Å². The van der Waals surface area contributed by atoms with Crippen LogP contribution in [0.3, 0.4) is 0 Å². The predicted octanol–water partition coefficient (Wildman–Crippen LogP) is 10.5. The first-order chi connectivity index (χ1) is 19.6. The molecule has 0 radical (unpaired) electrons. The zero-order chi connectivity index (χ0) is 33.3. The summed E-state index contributed by atoms with van der Waals surface area (Å²) < 4.78 is 2.74. The molecule has 0 bridgehead atoms. The van der Waals surface area contributed by atoms with Crippen LogP contribution in [0.15, 0.2) is 54.2 Å². The molecule has 1 fully saturated rings. The molecule has 5 nitrogen and oxygen atoms in total. The normalized spacial score (nSPS) is 17.7. The van der Waals surface area contributed by atoms with E-state index in [4.69, 9.17) is 0 Å². The van der Waals surface area contributed by atoms with E-state index in [1.807, 2.05) is 58.9 Å². The molecular weight excluding hydrogens is 586 g/mol. The highest BCUT2D eigenvalue weighted by atomic mass is 79.9. The molecule has 1 aromatic carbocycles. The Labute approximate surface area is 268 Å². The van der Waals surface area contributed by atoms with Gasteiger partial charge >= 0.3 is 0 Å². The van der Waals surface area contributed by atoms with Gasteiger partial charge in [0.05, 0.1) is 22.7 Å². The Balaban J connectivity index is 0. The summed E-state index contributed by atoms with van der Waals surface area (Å²) in [6.07, 6.45) is 8.42. The number of aromatic hydroxyl groups is 1. The largest absolute Gasteiger partial charge is 0.507 e. The van der Waals surface area contributed by atoms with Gasteiger partial charge in [-0.1, -0.05) is 113 Å². The molecule has 0 aliphatic carbocycles. The van der Waals surface area contributed by atoms with Crippen molar-refractivity contribution in [1.29, 1.82) is 0 Å². The van der Waals surface area contributed by atoms with E-state index in [0.29, 0.717) is 23.1 Å². The molecule has 1 aliphatic heterocycles. The third-order valence-corrected chi connectivity index (χ3v) is 7.13. The second kappa shape index (κ2) is 20.5. The first-order valence-corrected chi connectivity index (χ1v) is 16.4. The van der Waals surface area contributed by atoms with Crippen LogP contribution in [0.25, 0.3) is 0 Å². The fourth-order valence-electron chi connectivity index (χ4n) is 4.88. The maximum atomic E-state index is 13.6. The minimum Gasteiger partial charge on any atom is -0.507 e. The summed E-state index contributed by atoms with van der Waals surface area (Å²) >= 11 is 3.20. The van der Waals surface area contributed by atoms with Gasteiger partial charge < -0.3 is 10.0 Å². The lowest BCUT2D eigenvalue weighted by Crippen LogP contribution is -2.47. The fourth-order valence-corrected chi connectivity index (χ4v) is 5.08. The number of nitrogens with zero attached hydrogens (tertiary/aromatic N) is 2. The number of nitrogens with one attached hydrogen (secondary N) is 1. The van der Waals surface area contributed by atoms with E-state index >= 15 is 0 Å². The number of phenols is 1. The number of carbonyl (C=O) groups excluding carboxylic acids is 1. The summed E-state index contributed by atoms with van der Waals surface area (Å²) in [4.78, 5) is 15.7. The van der Waals surface area contributed by atoms with E-state index in [1.54, 1.807) is 6.08 Å². The highest BCUT2D eigenvalue weighted by Gasteiger charge is 2.34. The number of carbonyl (C=O) groups is 1. The maximum Gasteiger partial charge on any atom is 0.182 e. The van der Waals surface area contributed by atoms with Crippen molar-refractivity contribution in [1.82, 2.24) is 9.35 Å². The van der Waals surface area contributed by atoms with E-state index in [2.05, 4.69) is 99.1 Å². The number of hydrogen-bond acceptors (Lipinski definition) is 4. The third-order valence-electron chi connectivity index (χ3n) is 6.95. The molecule has 1 aromatic rings. The minimum absolute atomic E-state index is 0.0430. The summed E-state index contributed by atoms with van der Waals surface area (Å²) in [6.45, 7) is 35.3. The number of phenolic OH excluding ortho intramolecular Hbond substituents is 1. The van der Waals surface area contributed by atoms with Crippen molar-refractivity contribution in [2.24, 2.45) is 16.9 Å². The molecule has 1 saturated heterocycles. The summed E-state index contributed by atoms with van der Waals surface area (Å²) in [7, 11) is 0. The summed E-state index contributed by atoms with van der Waals surface area (Å²) in [5.74, 6) is 2.19. The van der Waals surface area contributed by atoms with Gasteiger partial charge in [-0.15, -0.1) is 6.58 Å². The summed E-state index contributed by atoms with van der Waals surface area (Å²) in [5, 5.41) is 15.5. The Kier molecular flexibility index (Phi) is 20.4. The van der Waals surface area contributed by atoms with Crippen molar-refractivity contribution in [3.63, 3.8) is 0 Å². The Morgan fingerprint density at radius 1 is 1.10 bits per heavy atom. The van der Waals surface area contributed by atoms with Gasteiger partial charge in [-0.05, 0) is 55.1 Å². The molecule has 42 heavy (non-hydrogen) atoms. The average Bonchev–Trinajstić information content (AvgIpc) is 2.91. The van der Waals surface area contributed by atoms with Gasteiger partial charge in [-0.3, -0.25) is 4.79 Å². The fraction of sp³-hybridized carbons (Fsp3) is 0.611. The van der Waals surface area contributed by atoms with Gasteiger partial charge in [-0.25, -0.2) is 4.45 Å². The standard InChI is InChI=1S/C27H42BrN3O2.C5H8.2C2H6/c1-10-18-15-31(24(29-30-28)14-19(18)11-17(2)3)16-23(32)20-12-21(26(4,5)6)25(33)22(13-20)27(7,8)9;1-3-5-4-2;2*1-2/h12-13,18-19,30,33H,2,10-11,14-16H2,1,3-9H3;3-5H,1H2,2H3;2*1-2H3/b29-24+;5-4-;;/t18-,19-;;;/m0.../s1. The molecular formula is C36H62BrN3O2. The number of ketones is 1. The first-order valence-electron chi connectivity index (χ1n) is 15.6. The second-order valence-corrected chi connectivity index (χ2v) is 12.7. The summed E-state index contributed by atoms with van der Waals surface area (Å²) in [6, 6.07) is 3.75. The monoisotopic (exact) mass is 647 g/mol. The van der Waals surface area contributed by atoms with Gasteiger partial charge in [0, 0.05) is 29.7 Å². The van der Waals surface area contributed by atoms with Crippen LogP contribution in [-0.2, 0) is 10.8 Å². The lowest BCUT2D eigenvalue weighted by atomic mass is 9.77. The highest BCUT2D eigenvalue weighted by Crippen LogP contribution is 2.40. The Morgan fingerprint density at radius 3 is 1.93 bits per heavy atom. The molecule has 2 N–H and O–H groups in total. The number of amidine groups is 1. The van der Waals surface area contributed by atoms with E-state index in [0.717, 1.165) is 42.8 Å². The number of rotatable bonds is 8. The van der Waals surface area contributed by atoms with Crippen molar-refractivity contribution in [3.8, 4) is 5.75 Å². The van der Waals surface area contributed by atoms with Crippen LogP contribution in [0.2, 0.25) is 0 Å². The van der Waals surface area contributed by atoms with Gasteiger partial charge in [0.15, 0.2) is 5.78 Å². The smallest absolute Gasteiger partial charge is 0.182 e. The van der Waals surface area contributed by atoms with E-state index in [1.165, 1.54) is 5.57 Å². The number of halogens is 1. The molecule has 1 aliphatic rings. The molecule has 0 amide bonds. The van der Waals surface area contributed by atoms with Gasteiger partial charge in [0.25, 0.3) is 0 Å². The minimum atomic E-state index is -0.277. The second-order valence-electron chi connectivity index (χ2n) is 12.4. The van der Waals surface area contributed by atoms with E-state index in [9.17, 15) is 9.90 Å². The van der Waals surface area contributed by atoms with Crippen molar-refractivity contribution in [2.75, 3.05) is 13.1 Å². The van der Waals surface area contributed by atoms with Gasteiger partial charge in [0.2, 0.25) is 0 Å². The van der Waals surface area contributed by atoms with Crippen LogP contribution < -0.4 is 4.45 Å². The molecule has 240 valence electrons. The van der Waals surface area contributed by atoms with Crippen LogP contribution in [0.5, 0.6) is 5.75 Å². The molecule has 0 saturated carbocycles. The Hall–Kier alpha value is -2.34. The molecule has 0 unspecified atom stereocenters. The Morgan fingerprint density at radius 2 is 1.60 bits per heavy atom. The first kappa shape index (κ1) is 41.8. The predicted molar refractivity (Wildman–Crippen MR) is 190 cm³/mol. The number of allylic oxidation sites excluding steroid dienone is 4. The molecule has 0 spiro atoms. The van der Waals surface area contributed by atoms with Crippen molar-refractivity contribution < 1.29 is 9.90 Å². The molecule has 1 heterocycles. The van der Waals surface area contributed by atoms with Crippen LogP contribution in [-0.4, -0.2) is 34.7 Å².